The van der Waals surface area contributed by atoms with Gasteiger partial charge in [0.05, 0.1) is 11.0 Å². The first kappa shape index (κ1) is 29.8. The molecule has 3 atom stereocenters. The number of nitrogens with one attached hydrogen (secondary N) is 1. The number of amides is 3. The third-order valence-corrected chi connectivity index (χ3v) is 8.80. The van der Waals surface area contributed by atoms with Gasteiger partial charge in [-0.2, -0.15) is 0 Å². The molecular weight excluding hydrogens is 542 g/mol. The van der Waals surface area contributed by atoms with E-state index in [4.69, 9.17) is 4.74 Å². The molecule has 0 saturated carbocycles. The maximum absolute atomic E-state index is 13.1. The normalized spacial score (nSPS) is 24.3. The lowest BCUT2D eigenvalue weighted by Gasteiger charge is -2.35. The number of carbonyl (C=O) groups is 4. The lowest BCUT2D eigenvalue weighted by atomic mass is 9.89. The Morgan fingerprint density at radius 2 is 1.74 bits per heavy atom. The Bertz CT molecular complexity index is 1450. The number of imide groups is 1. The molecule has 4 heterocycles. The van der Waals surface area contributed by atoms with Gasteiger partial charge in [0, 0.05) is 32.5 Å². The fraction of sp³-hybridized carbons (Fsp3) is 0.633. The summed E-state index contributed by atoms with van der Waals surface area (Å²) in [6, 6.07) is 4.34. The van der Waals surface area contributed by atoms with E-state index in [9.17, 15) is 29.1 Å². The van der Waals surface area contributed by atoms with Crippen molar-refractivity contribution in [2.75, 3.05) is 26.2 Å². The predicted octanol–water partition coefficient (Wildman–Crippen LogP) is 2.28. The maximum Gasteiger partial charge on any atom is 0.411 e. The average Bonchev–Trinajstić information content (AvgIpc) is 3.44. The second-order valence-electron chi connectivity index (χ2n) is 13.0. The van der Waals surface area contributed by atoms with Crippen molar-refractivity contribution in [3.05, 3.63) is 34.2 Å². The fourth-order valence-electron chi connectivity index (χ4n) is 6.71. The Kier molecular flexibility index (Phi) is 8.19. The highest BCUT2D eigenvalue weighted by molar-refractivity contribution is 6.00. The van der Waals surface area contributed by atoms with Gasteiger partial charge in [0.15, 0.2) is 0 Å². The summed E-state index contributed by atoms with van der Waals surface area (Å²) in [7, 11) is 1.70. The summed E-state index contributed by atoms with van der Waals surface area (Å²) in [6.07, 6.45) is 3.36. The molecule has 2 N–H and O–H groups in total. The van der Waals surface area contributed by atoms with E-state index in [1.165, 1.54) is 9.47 Å². The van der Waals surface area contributed by atoms with Gasteiger partial charge < -0.3 is 14.7 Å². The Labute approximate surface area is 244 Å². The Morgan fingerprint density at radius 3 is 2.38 bits per heavy atom. The molecule has 1 aromatic carbocycles. The van der Waals surface area contributed by atoms with Gasteiger partial charge >= 0.3 is 17.8 Å². The molecule has 42 heavy (non-hydrogen) atoms. The van der Waals surface area contributed by atoms with Crippen molar-refractivity contribution in [3.63, 3.8) is 0 Å². The molecule has 0 bridgehead atoms. The number of aliphatic carboxylic acids is 1. The van der Waals surface area contributed by atoms with Gasteiger partial charge in [0.25, 0.3) is 0 Å². The summed E-state index contributed by atoms with van der Waals surface area (Å²) in [6.45, 7) is 8.03. The van der Waals surface area contributed by atoms with E-state index < -0.39 is 35.7 Å². The average molecular weight is 584 g/mol. The lowest BCUT2D eigenvalue weighted by Crippen LogP contribution is -2.48. The molecule has 3 saturated heterocycles. The number of nitrogens with zero attached hydrogens (tertiary/aromatic N) is 4. The monoisotopic (exact) mass is 583 g/mol. The molecule has 3 amide bonds. The third-order valence-electron chi connectivity index (χ3n) is 8.80. The molecular formula is C30H41N5O7. The van der Waals surface area contributed by atoms with E-state index in [1.54, 1.807) is 32.4 Å². The summed E-state index contributed by atoms with van der Waals surface area (Å²) >= 11 is 0. The van der Waals surface area contributed by atoms with E-state index in [0.29, 0.717) is 37.4 Å². The number of benzene rings is 1. The molecule has 5 rings (SSSR count). The molecule has 12 heteroatoms. The molecule has 228 valence electrons. The first-order chi connectivity index (χ1) is 19.8. The van der Waals surface area contributed by atoms with E-state index in [-0.39, 0.29) is 23.9 Å². The number of ether oxygens (including phenoxy) is 1. The van der Waals surface area contributed by atoms with Crippen molar-refractivity contribution >= 4 is 34.9 Å². The number of carbonyl (C=O) groups excluding carboxylic acids is 3. The second-order valence-corrected chi connectivity index (χ2v) is 13.0. The van der Waals surface area contributed by atoms with Crippen molar-refractivity contribution in [2.45, 2.75) is 77.0 Å². The standard InChI is InChI=1S/C30H41N5O7/c1-30(2,3)42-29(41)34-14-11-20(25(34)27(38)39)17-33-12-9-18(10-13-33)15-19-5-6-21-23(16-19)32(4)28(40)35(21)22-7-8-24(36)31-26(22)37/h5-6,16,18,20,22,25H,7-15,17H2,1-4H3,(H,38,39)(H,31,36,37)/t20-,22?,25-/m0/s1. The number of fused-ring (bicyclic) bond motifs is 1. The highest BCUT2D eigenvalue weighted by Crippen LogP contribution is 2.31. The molecule has 0 aliphatic carbocycles. The van der Waals surface area contributed by atoms with Crippen LogP contribution in [0.25, 0.3) is 11.0 Å². The summed E-state index contributed by atoms with van der Waals surface area (Å²) < 4.78 is 8.51. The van der Waals surface area contributed by atoms with Gasteiger partial charge in [-0.25, -0.2) is 14.4 Å². The van der Waals surface area contributed by atoms with Gasteiger partial charge in [-0.3, -0.25) is 28.9 Å². The van der Waals surface area contributed by atoms with Crippen molar-refractivity contribution in [2.24, 2.45) is 18.9 Å². The fourth-order valence-corrected chi connectivity index (χ4v) is 6.71. The van der Waals surface area contributed by atoms with Gasteiger partial charge in [-0.15, -0.1) is 0 Å². The van der Waals surface area contributed by atoms with Crippen LogP contribution >= 0.6 is 0 Å². The van der Waals surface area contributed by atoms with Crippen LogP contribution in [-0.4, -0.2) is 85.7 Å². The quantitative estimate of drug-likeness (QED) is 0.493. The zero-order chi connectivity index (χ0) is 30.3. The van der Waals surface area contributed by atoms with E-state index in [1.807, 2.05) is 18.2 Å². The highest BCUT2D eigenvalue weighted by atomic mass is 16.6. The van der Waals surface area contributed by atoms with E-state index in [2.05, 4.69) is 10.2 Å². The Balaban J connectivity index is 1.20. The number of rotatable bonds is 6. The van der Waals surface area contributed by atoms with Crippen LogP contribution < -0.4 is 11.0 Å². The second kappa shape index (κ2) is 11.5. The SMILES string of the molecule is Cn1c(=O)n(C2CCC(=O)NC2=O)c2ccc(CC3CCN(C[C@@H]4CCN(C(=O)OC(C)(C)C)[C@@H]4C(=O)O)CC3)cc21. The maximum atomic E-state index is 13.1. The van der Waals surface area contributed by atoms with Gasteiger partial charge in [-0.05, 0) is 89.6 Å². The van der Waals surface area contributed by atoms with Gasteiger partial charge in [0.1, 0.15) is 17.7 Å². The van der Waals surface area contributed by atoms with E-state index >= 15 is 0 Å². The largest absolute Gasteiger partial charge is 0.480 e. The highest BCUT2D eigenvalue weighted by Gasteiger charge is 2.44. The number of hydrogen-bond donors (Lipinski definition) is 2. The zero-order valence-electron chi connectivity index (χ0n) is 24.8. The van der Waals surface area contributed by atoms with Crippen LogP contribution in [0.3, 0.4) is 0 Å². The number of aromatic nitrogens is 2. The van der Waals surface area contributed by atoms with Crippen LogP contribution in [-0.2, 0) is 32.6 Å². The molecule has 0 spiro atoms. The molecule has 3 aliphatic rings. The molecule has 3 fully saturated rings. The van der Waals surface area contributed by atoms with Gasteiger partial charge in [0.2, 0.25) is 11.8 Å². The number of hydrogen-bond acceptors (Lipinski definition) is 7. The number of imidazole rings is 1. The number of carboxylic acid groups (broad SMARTS) is 1. The zero-order valence-corrected chi connectivity index (χ0v) is 24.8. The van der Waals surface area contributed by atoms with Crippen LogP contribution in [0.1, 0.15) is 64.5 Å². The van der Waals surface area contributed by atoms with Gasteiger partial charge in [-0.1, -0.05) is 6.07 Å². The number of carboxylic acids is 1. The summed E-state index contributed by atoms with van der Waals surface area (Å²) in [5.74, 6) is -1.45. The Morgan fingerprint density at radius 1 is 1.02 bits per heavy atom. The van der Waals surface area contributed by atoms with Crippen molar-refractivity contribution in [3.8, 4) is 0 Å². The minimum absolute atomic E-state index is 0.149. The van der Waals surface area contributed by atoms with Crippen molar-refractivity contribution < 1.29 is 29.0 Å². The van der Waals surface area contributed by atoms with E-state index in [0.717, 1.165) is 43.4 Å². The number of likely N-dealkylation sites (tertiary alicyclic amines) is 2. The summed E-state index contributed by atoms with van der Waals surface area (Å²) in [5, 5.41) is 12.3. The van der Waals surface area contributed by atoms with Crippen LogP contribution in [0.4, 0.5) is 4.79 Å². The molecule has 0 radical (unpaired) electrons. The molecule has 2 aromatic rings. The first-order valence-electron chi connectivity index (χ1n) is 14.8. The number of aryl methyl sites for hydroxylation is 1. The molecule has 12 nitrogen and oxygen atoms in total. The van der Waals surface area contributed by atoms with Crippen LogP contribution in [0.2, 0.25) is 0 Å². The van der Waals surface area contributed by atoms with Crippen LogP contribution in [0, 0.1) is 11.8 Å². The molecule has 1 aromatic heterocycles. The first-order valence-corrected chi connectivity index (χ1v) is 14.8. The van der Waals surface area contributed by atoms with Crippen molar-refractivity contribution in [1.29, 1.82) is 0 Å². The lowest BCUT2D eigenvalue weighted by molar-refractivity contribution is -0.143. The predicted molar refractivity (Wildman–Crippen MR) is 154 cm³/mol. The topological polar surface area (TPSA) is 143 Å². The molecule has 3 aliphatic heterocycles. The minimum atomic E-state index is -0.991. The molecule has 1 unspecified atom stereocenters. The number of piperidine rings is 2. The van der Waals surface area contributed by atoms with Crippen molar-refractivity contribution in [1.82, 2.24) is 24.3 Å². The smallest absolute Gasteiger partial charge is 0.411 e. The summed E-state index contributed by atoms with van der Waals surface area (Å²) in [5.41, 5.74) is 1.60. The Hall–Kier alpha value is -3.67. The third kappa shape index (κ3) is 6.08. The summed E-state index contributed by atoms with van der Waals surface area (Å²) in [4.78, 5) is 65.6. The van der Waals surface area contributed by atoms with Crippen LogP contribution in [0.5, 0.6) is 0 Å². The van der Waals surface area contributed by atoms with Crippen LogP contribution in [0.15, 0.2) is 23.0 Å². The minimum Gasteiger partial charge on any atom is -0.480 e.